The zero-order chi connectivity index (χ0) is 93.3. The Morgan fingerprint density at radius 3 is 1.20 bits per heavy atom. The van der Waals surface area contributed by atoms with Crippen molar-refractivity contribution in [3.05, 3.63) is 93.1 Å². The van der Waals surface area contributed by atoms with Crippen molar-refractivity contribution < 1.29 is 42.9 Å². The summed E-state index contributed by atoms with van der Waals surface area (Å²) in [6.07, 6.45) is 50.9. The van der Waals surface area contributed by atoms with Gasteiger partial charge in [0.2, 0.25) is 5.70 Å². The lowest BCUT2D eigenvalue weighted by Crippen LogP contribution is -2.61. The molecule has 17 heteroatoms. The van der Waals surface area contributed by atoms with Crippen molar-refractivity contribution in [2.24, 2.45) is 111 Å². The molecule has 0 bridgehead atoms. The van der Waals surface area contributed by atoms with Gasteiger partial charge in [0.25, 0.3) is 0 Å². The lowest BCUT2D eigenvalue weighted by Gasteiger charge is -2.64. The third-order valence-electron chi connectivity index (χ3n) is 36.8. The molecule has 0 radical (unpaired) electrons. The number of rotatable bonds is 4. The lowest BCUT2D eigenvalue weighted by atomic mass is 9.43. The van der Waals surface area contributed by atoms with E-state index in [1.54, 1.807) is 34.9 Å². The lowest BCUT2D eigenvalue weighted by molar-refractivity contribution is -0.284. The first-order chi connectivity index (χ1) is 60.0. The fraction of sp³-hybridized carbons (Fsp3) is 0.726. The number of nitriles is 1. The maximum absolute atomic E-state index is 12.9. The predicted molar refractivity (Wildman–Crippen MR) is 533 cm³/mol. The molecule has 15 aliphatic carbocycles. The van der Waals surface area contributed by atoms with Crippen molar-refractivity contribution >= 4 is 65.3 Å². The van der Waals surface area contributed by atoms with Gasteiger partial charge in [-0.3, -0.25) is 38.8 Å². The number of ketones is 5. The van der Waals surface area contributed by atoms with E-state index in [1.807, 2.05) is 66.0 Å². The Kier molecular flexibility index (Phi) is 31.0. The van der Waals surface area contributed by atoms with Crippen LogP contribution in [0.5, 0.6) is 0 Å². The average Bonchev–Trinajstić information content (AvgIpc) is 1.14. The molecule has 2 saturated heterocycles. The molecule has 15 atom stereocenters. The standard InChI is InChI=1S/C24H25N3O2.C24H37NO2.C22H31NO2.C22H33NO.C21H30O2.ClH.HI/c1-22(2)19-8-10-24(9-7-11-27(5)6)13-16(15-25)18(28)12-20(24)23(19,3)14-17(26-4)21(22)29;1-21(2)19-10-13-23(12-8-16-25(4)5)11-7-6-9-20(23)22(19,3)14-15-24(21)26-17-18-27-24;1-20(2)17-8-13-22(10-6-14-23(4)5)12-7-16(24)15-18(22)21(17,3)11-9-19(20)25;1-20(2)17-10-15-22(13-8-16-23(4)5)12-7-6-9-18(22)21(17,3)14-11-19(20)24;1-5-20-10-7-6-8-17(20)19(4)12-13-21(22-14-15-23-21)18(2,3)16(19)9-11-20;;/h12-14,19H,8,10-11H2,1-3,5-6H3;9,19H,6-7,10-11,13-18H2,1-5H3;15,17H,7-9,11-14H2,1-5H3;9,17H,6-7,10-12,14-16H2,1-5H3;1,8,16H,6-7,9-15H2,2-4H3;2*1H/t19-,23-,24-;19-,22-,23-;17-,21-,22+;17-,21-,22-;16-,19-,20+;;/m00000../s1. The highest BCUT2D eigenvalue weighted by molar-refractivity contribution is 14.0. The van der Waals surface area contributed by atoms with Crippen molar-refractivity contribution in [2.45, 2.75) is 302 Å². The molecule has 15 nitrogen and oxygen atoms in total. The molecule has 0 unspecified atom stereocenters. The van der Waals surface area contributed by atoms with Crippen LogP contribution in [0.2, 0.25) is 0 Å². The normalized spacial score (nSPS) is 37.3. The van der Waals surface area contributed by atoms with E-state index in [2.05, 4.69) is 202 Å². The smallest absolute Gasteiger partial charge is 0.226 e. The van der Waals surface area contributed by atoms with Gasteiger partial charge in [-0.2, -0.15) is 5.26 Å². The number of ether oxygens (including phenoxy) is 4. The van der Waals surface area contributed by atoms with Crippen LogP contribution in [0.4, 0.5) is 0 Å². The second-order valence-corrected chi connectivity index (χ2v) is 47.0. The van der Waals surface area contributed by atoms with Crippen molar-refractivity contribution in [1.82, 2.24) is 19.6 Å². The van der Waals surface area contributed by atoms with Gasteiger partial charge >= 0.3 is 0 Å². The first kappa shape index (κ1) is 104. The largest absolute Gasteiger partial charge is 0.347 e. The van der Waals surface area contributed by atoms with Gasteiger partial charge in [0.15, 0.2) is 28.9 Å². The van der Waals surface area contributed by atoms with Crippen LogP contribution in [0, 0.1) is 188 Å². The van der Waals surface area contributed by atoms with E-state index in [1.165, 1.54) is 82.6 Å². The molecule has 9 saturated carbocycles. The number of allylic oxidation sites excluding steroid dienone is 14. The number of halogens is 2. The van der Waals surface area contributed by atoms with Crippen LogP contribution >= 0.6 is 36.4 Å². The third-order valence-corrected chi connectivity index (χ3v) is 36.8. The fourth-order valence-electron chi connectivity index (χ4n) is 30.2. The fourth-order valence-corrected chi connectivity index (χ4v) is 30.2. The zero-order valence-corrected chi connectivity index (χ0v) is 87.0. The van der Waals surface area contributed by atoms with E-state index in [9.17, 15) is 29.2 Å². The molecule has 11 fully saturated rings. The van der Waals surface area contributed by atoms with Crippen molar-refractivity contribution in [3.8, 4) is 65.8 Å². The first-order valence-electron chi connectivity index (χ1n) is 49.2. The van der Waals surface area contributed by atoms with E-state index in [0.29, 0.717) is 67.5 Å². The van der Waals surface area contributed by atoms with Gasteiger partial charge in [0, 0.05) is 64.6 Å². The van der Waals surface area contributed by atoms with Crippen molar-refractivity contribution in [1.29, 1.82) is 5.26 Å². The number of carbonyl (C=O) groups is 5. The molecule has 2 aliphatic heterocycles. The molecule has 17 rings (SSSR count). The zero-order valence-electron chi connectivity index (χ0n) is 83.8. The number of nitrogens with zero attached hydrogens (tertiary/aromatic N) is 6. The summed E-state index contributed by atoms with van der Waals surface area (Å²) in [4.78, 5) is 74.7. The molecule has 17 aliphatic rings. The minimum absolute atomic E-state index is 0. The van der Waals surface area contributed by atoms with E-state index in [0.717, 1.165) is 135 Å². The number of hydrogen-bond donors (Lipinski definition) is 0. The highest BCUT2D eigenvalue weighted by Gasteiger charge is 2.70. The minimum Gasteiger partial charge on any atom is -0.347 e. The first-order valence-corrected chi connectivity index (χ1v) is 49.2. The number of Topliss-reactive ketones (excluding diaryl/α,β-unsaturated/α-hetero) is 3. The topological polar surface area (TPSA) is 163 Å². The van der Waals surface area contributed by atoms with Crippen LogP contribution in [-0.2, 0) is 42.9 Å². The van der Waals surface area contributed by atoms with Crippen molar-refractivity contribution in [3.63, 3.8) is 0 Å². The Morgan fingerprint density at radius 2 is 0.792 bits per heavy atom. The molecule has 0 amide bonds. The van der Waals surface area contributed by atoms with Crippen LogP contribution < -0.4 is 0 Å². The van der Waals surface area contributed by atoms with Gasteiger partial charge in [-0.25, -0.2) is 4.85 Å². The van der Waals surface area contributed by atoms with E-state index in [-0.39, 0.29) is 147 Å². The van der Waals surface area contributed by atoms with Gasteiger partial charge in [-0.1, -0.05) is 181 Å². The van der Waals surface area contributed by atoms with Gasteiger partial charge in [-0.05, 0) is 308 Å². The summed E-state index contributed by atoms with van der Waals surface area (Å²) < 4.78 is 24.9. The Bertz CT molecular complexity index is 5040. The molecule has 130 heavy (non-hydrogen) atoms. The predicted octanol–water partition coefficient (Wildman–Crippen LogP) is 21.8. The van der Waals surface area contributed by atoms with Crippen molar-refractivity contribution in [2.75, 3.05) is 109 Å². The molecule has 708 valence electrons. The molecular weight excluding hydrogens is 1750 g/mol. The molecule has 0 aromatic carbocycles. The van der Waals surface area contributed by atoms with Crippen LogP contribution in [-0.4, -0.2) is 169 Å². The SMILES string of the molecule is C#C[C@]12CCCC=C1[C@@]1(C)CCC3(OCCO3)C(C)(C)[C@@H]1CC2.CN(C)CC#C[C@]12CCC(=O)C=C1[C@@]1(C)CCC(=O)C(C)(C)[C@@H]1CC2.CN(C)CC#C[C@]12CCCC=C1[C@@]1(C)CCC(=O)C(C)(C)[C@@H]1CC2.CN(C)CC#C[C@]12CCCC=C1[C@@]1(C)CCC3(OCCO3)C(C)(C)[C@@H]1CC2.Cl.I.[C-]#[N+]C1=C[C@]2(C)C3=CC(=O)C(C#N)=C[C@]3(C#CCN(C)C)CC[C@H]2C(C)(C)C1=O. The number of hydrogen-bond acceptors (Lipinski definition) is 14. The molecule has 0 N–H and O–H groups in total. The van der Waals surface area contributed by atoms with Gasteiger partial charge < -0.3 is 23.7 Å². The molecular formula is C113H158ClIN6O9. The summed E-state index contributed by atoms with van der Waals surface area (Å²) in [5.41, 5.74) is 5.09. The third kappa shape index (κ3) is 18.0. The summed E-state index contributed by atoms with van der Waals surface area (Å²) in [6, 6.07) is 2.01. The van der Waals surface area contributed by atoms with Crippen LogP contribution in [0.25, 0.3) is 4.85 Å². The Labute approximate surface area is 807 Å². The summed E-state index contributed by atoms with van der Waals surface area (Å²) in [7, 11) is 16.3. The quantitative estimate of drug-likeness (QED) is 0.113. The van der Waals surface area contributed by atoms with Gasteiger partial charge in [0.1, 0.15) is 17.6 Å². The summed E-state index contributed by atoms with van der Waals surface area (Å²) in [5, 5.41) is 9.45. The molecule has 0 aromatic rings. The maximum atomic E-state index is 12.9. The summed E-state index contributed by atoms with van der Waals surface area (Å²) in [6.45, 7) is 47.1. The van der Waals surface area contributed by atoms with Gasteiger partial charge in [0.05, 0.1) is 91.8 Å². The molecule has 2 heterocycles. The number of terminal acetylenes is 1. The Morgan fingerprint density at radius 1 is 0.423 bits per heavy atom. The van der Waals surface area contributed by atoms with Crippen LogP contribution in [0.15, 0.2) is 81.7 Å². The molecule has 2 spiro atoms. The molecule has 0 aromatic heterocycles. The highest BCUT2D eigenvalue weighted by atomic mass is 127. The Balaban J connectivity index is 0.000000157. The van der Waals surface area contributed by atoms with E-state index in [4.69, 9.17) is 31.9 Å². The van der Waals surface area contributed by atoms with Crippen LogP contribution in [0.3, 0.4) is 0 Å². The minimum atomic E-state index is -0.736. The number of carbonyl (C=O) groups excluding carboxylic acids is 5. The summed E-state index contributed by atoms with van der Waals surface area (Å²) in [5.74, 6) is 33.0. The van der Waals surface area contributed by atoms with E-state index < -0.39 is 16.2 Å². The van der Waals surface area contributed by atoms with Gasteiger partial charge in [-0.15, -0.1) is 42.8 Å². The average molecular weight is 1910 g/mol. The number of fused-ring (bicyclic) bond motifs is 15. The van der Waals surface area contributed by atoms with Crippen LogP contribution in [0.1, 0.15) is 290 Å². The monoisotopic (exact) mass is 1910 g/mol. The summed E-state index contributed by atoms with van der Waals surface area (Å²) >= 11 is 0. The second kappa shape index (κ2) is 38.5. The Hall–Kier alpha value is -5.99. The second-order valence-electron chi connectivity index (χ2n) is 47.0. The maximum Gasteiger partial charge on any atom is 0.226 e. The highest BCUT2D eigenvalue weighted by Crippen LogP contribution is 2.73. The van der Waals surface area contributed by atoms with E-state index >= 15 is 0 Å².